The second-order valence-electron chi connectivity index (χ2n) is 4.65. The number of hydrogen-bond donors (Lipinski definition) is 1. The summed E-state index contributed by atoms with van der Waals surface area (Å²) in [7, 11) is 0. The van der Waals surface area contributed by atoms with Gasteiger partial charge in [0.1, 0.15) is 11.3 Å². The summed E-state index contributed by atoms with van der Waals surface area (Å²) in [5.74, 6) is -0.698. The molecule has 0 aliphatic carbocycles. The fourth-order valence-corrected chi connectivity index (χ4v) is 1.79. The van der Waals surface area contributed by atoms with Crippen LogP contribution < -0.4 is 10.5 Å². The van der Waals surface area contributed by atoms with E-state index < -0.39 is 25.4 Å². The minimum absolute atomic E-state index is 0. The molecule has 0 fully saturated rings. The maximum Gasteiger partial charge on any atom is 0.341 e. The molecule has 0 amide bonds. The number of nitrogens with two attached hydrogens (primary N) is 1. The predicted molar refractivity (Wildman–Crippen MR) is 96.6 cm³/mol. The molecule has 0 bridgehead atoms. The molecule has 1 aromatic carbocycles. The van der Waals surface area contributed by atoms with Crippen LogP contribution in [0.4, 0.5) is 5.69 Å². The first-order valence-corrected chi connectivity index (χ1v) is 7.57. The molecule has 23 heavy (non-hydrogen) atoms. The Morgan fingerprint density at radius 1 is 1.30 bits per heavy atom. The predicted octanol–water partition coefficient (Wildman–Crippen LogP) is 3.37. The number of nitrogens with zero attached hydrogens (tertiary/aromatic N) is 1. The van der Waals surface area contributed by atoms with E-state index in [1.54, 1.807) is 13.8 Å². The molecule has 132 valence electrons. The molecule has 2 N–H and O–H groups in total. The number of rotatable bonds is 10. The third kappa shape index (κ3) is 7.57. The van der Waals surface area contributed by atoms with Crippen molar-refractivity contribution in [2.24, 2.45) is 0 Å². The lowest BCUT2D eigenvalue weighted by atomic mass is 10.2. The second kappa shape index (κ2) is 12.0. The number of esters is 1. The third-order valence-electron chi connectivity index (χ3n) is 2.99. The number of halogens is 1. The summed E-state index contributed by atoms with van der Waals surface area (Å²) >= 11 is 0. The first kappa shape index (κ1) is 15.1. The maximum absolute atomic E-state index is 12.4. The quantitative estimate of drug-likeness (QED) is 0.518. The summed E-state index contributed by atoms with van der Waals surface area (Å²) in [6, 6.07) is 4.40. The summed E-state index contributed by atoms with van der Waals surface area (Å²) < 4.78 is 42.5. The Labute approximate surface area is 151 Å². The largest absolute Gasteiger partial charge is 0.493 e. The lowest BCUT2D eigenvalue weighted by Gasteiger charge is -2.17. The Bertz CT molecular complexity index is 614. The van der Waals surface area contributed by atoms with Crippen molar-refractivity contribution in [2.45, 2.75) is 33.6 Å². The van der Waals surface area contributed by atoms with Gasteiger partial charge in [0.15, 0.2) is 0 Å². The summed E-state index contributed by atoms with van der Waals surface area (Å²) in [6.07, 6.45) is 0.127. The van der Waals surface area contributed by atoms with E-state index in [9.17, 15) is 4.79 Å². The minimum Gasteiger partial charge on any atom is -0.493 e. The van der Waals surface area contributed by atoms with Crippen molar-refractivity contribution >= 4 is 24.1 Å². The van der Waals surface area contributed by atoms with Gasteiger partial charge in [-0.05, 0) is 38.1 Å². The Kier molecular flexibility index (Phi) is 7.89. The summed E-state index contributed by atoms with van der Waals surface area (Å²) in [5.41, 5.74) is 6.18. The summed E-state index contributed by atoms with van der Waals surface area (Å²) in [5, 5.41) is 0. The van der Waals surface area contributed by atoms with Crippen LogP contribution in [0.1, 0.15) is 49.5 Å². The maximum atomic E-state index is 12.4. The fraction of sp³-hybridized carbons (Fsp3) is 0.588. The van der Waals surface area contributed by atoms with Crippen molar-refractivity contribution in [3.63, 3.8) is 0 Å². The Morgan fingerprint density at radius 3 is 2.61 bits per heavy atom. The molecule has 0 radical (unpaired) electrons. The second-order valence-corrected chi connectivity index (χ2v) is 4.65. The molecule has 0 heterocycles. The lowest BCUT2D eigenvalue weighted by Crippen LogP contribution is -2.25. The Balaban J connectivity index is 0.00000676. The van der Waals surface area contributed by atoms with Crippen LogP contribution >= 0.6 is 12.4 Å². The average molecular weight is 349 g/mol. The molecule has 0 atom stereocenters. The van der Waals surface area contributed by atoms with Gasteiger partial charge in [-0.25, -0.2) is 4.79 Å². The van der Waals surface area contributed by atoms with Crippen LogP contribution in [0.25, 0.3) is 0 Å². The molecule has 0 aliphatic rings. The molecule has 1 aromatic rings. The highest BCUT2D eigenvalue weighted by molar-refractivity contribution is 5.93. The number of carbonyl (C=O) groups excluding carboxylic acids is 1. The standard InChI is InChI=1S/C17H28N2O3.ClH/c1-4-11-21-16-13-14(18)8-9-15(16)17(20)22-12-7-10-19(5-2)6-3;/h8-9,13H,4-7,10-12,18H2,1-3H3;1H/i10D2,12D2;. The SMILES string of the molecule is Cl.[2H]C([2H])(CC([2H])([2H])N(CC)CC)OC(=O)c1ccc(N)cc1OCCC. The van der Waals surface area contributed by atoms with E-state index in [4.69, 9.17) is 20.7 Å². The van der Waals surface area contributed by atoms with Gasteiger partial charge in [0.25, 0.3) is 0 Å². The Morgan fingerprint density at radius 2 is 2.00 bits per heavy atom. The van der Waals surface area contributed by atoms with Crippen molar-refractivity contribution in [1.82, 2.24) is 4.90 Å². The first-order chi connectivity index (χ1) is 12.1. The molecule has 5 nitrogen and oxygen atoms in total. The molecular formula is C17H29ClN2O3. The molecule has 6 heteroatoms. The molecule has 0 saturated carbocycles. The monoisotopic (exact) mass is 348 g/mol. The smallest absolute Gasteiger partial charge is 0.341 e. The highest BCUT2D eigenvalue weighted by Gasteiger charge is 2.14. The van der Waals surface area contributed by atoms with Crippen LogP contribution in [-0.4, -0.2) is 43.6 Å². The third-order valence-corrected chi connectivity index (χ3v) is 2.99. The molecule has 0 spiro atoms. The van der Waals surface area contributed by atoms with Gasteiger partial charge in [-0.2, -0.15) is 0 Å². The van der Waals surface area contributed by atoms with Crippen LogP contribution in [0, 0.1) is 0 Å². The molecular weight excluding hydrogens is 316 g/mol. The van der Waals surface area contributed by atoms with Gasteiger partial charge < -0.3 is 20.1 Å². The highest BCUT2D eigenvalue weighted by Crippen LogP contribution is 2.23. The van der Waals surface area contributed by atoms with Gasteiger partial charge in [0, 0.05) is 21.0 Å². The van der Waals surface area contributed by atoms with Crippen LogP contribution in [0.2, 0.25) is 0 Å². The highest BCUT2D eigenvalue weighted by atomic mass is 35.5. The number of hydrogen-bond acceptors (Lipinski definition) is 5. The van der Waals surface area contributed by atoms with Gasteiger partial charge in [-0.3, -0.25) is 0 Å². The van der Waals surface area contributed by atoms with Crippen molar-refractivity contribution in [3.8, 4) is 5.75 Å². The number of ether oxygens (including phenoxy) is 2. The summed E-state index contributed by atoms with van der Waals surface area (Å²) in [4.78, 5) is 13.9. The van der Waals surface area contributed by atoms with E-state index in [0.717, 1.165) is 6.42 Å². The van der Waals surface area contributed by atoms with Crippen molar-refractivity contribution in [1.29, 1.82) is 0 Å². The first-order valence-electron chi connectivity index (χ1n) is 9.57. The van der Waals surface area contributed by atoms with Gasteiger partial charge in [0.05, 0.1) is 15.9 Å². The van der Waals surface area contributed by atoms with Crippen LogP contribution in [0.15, 0.2) is 18.2 Å². The molecule has 0 unspecified atom stereocenters. The molecule has 0 saturated heterocycles. The average Bonchev–Trinajstić information content (AvgIpc) is 2.51. The van der Waals surface area contributed by atoms with Gasteiger partial charge in [0.2, 0.25) is 0 Å². The number of carbonyl (C=O) groups is 1. The topological polar surface area (TPSA) is 64.8 Å². The molecule has 0 aromatic heterocycles. The minimum atomic E-state index is -2.48. The van der Waals surface area contributed by atoms with E-state index in [1.165, 1.54) is 23.1 Å². The zero-order valence-electron chi connectivity index (χ0n) is 17.9. The van der Waals surface area contributed by atoms with Crippen molar-refractivity contribution in [2.75, 3.05) is 38.5 Å². The molecule has 1 rings (SSSR count). The van der Waals surface area contributed by atoms with Gasteiger partial charge >= 0.3 is 5.97 Å². The van der Waals surface area contributed by atoms with Crippen molar-refractivity contribution in [3.05, 3.63) is 23.8 Å². The van der Waals surface area contributed by atoms with E-state index in [0.29, 0.717) is 25.4 Å². The zero-order chi connectivity index (χ0) is 20.0. The number of benzene rings is 1. The van der Waals surface area contributed by atoms with Crippen molar-refractivity contribution < 1.29 is 19.8 Å². The number of anilines is 1. The van der Waals surface area contributed by atoms with Crippen LogP contribution in [-0.2, 0) is 4.74 Å². The summed E-state index contributed by atoms with van der Waals surface area (Å²) in [6.45, 7) is 2.27. The van der Waals surface area contributed by atoms with E-state index >= 15 is 0 Å². The lowest BCUT2D eigenvalue weighted by molar-refractivity contribution is 0.0485. The zero-order valence-corrected chi connectivity index (χ0v) is 14.7. The van der Waals surface area contributed by atoms with E-state index in [1.807, 2.05) is 6.92 Å². The van der Waals surface area contributed by atoms with Crippen LogP contribution in [0.5, 0.6) is 5.75 Å². The molecule has 0 aliphatic heterocycles. The Hall–Kier alpha value is -1.46. The number of nitrogen functional groups attached to an aromatic ring is 1. The van der Waals surface area contributed by atoms with Gasteiger partial charge in [-0.1, -0.05) is 20.8 Å². The fourth-order valence-electron chi connectivity index (χ4n) is 1.79. The van der Waals surface area contributed by atoms with Crippen LogP contribution in [0.3, 0.4) is 0 Å². The van der Waals surface area contributed by atoms with Gasteiger partial charge in [-0.15, -0.1) is 12.4 Å². The van der Waals surface area contributed by atoms with E-state index in [2.05, 4.69) is 0 Å². The van der Waals surface area contributed by atoms with E-state index in [-0.39, 0.29) is 23.7 Å². The normalized spacial score (nSPS) is 14.1.